The maximum atomic E-state index is 4.70. The Hall–Kier alpha value is -5.48. The van der Waals surface area contributed by atoms with Gasteiger partial charge in [-0.1, -0.05) is 58.0 Å². The Balaban J connectivity index is 1.09. The van der Waals surface area contributed by atoms with Crippen LogP contribution in [0.1, 0.15) is 68.0 Å². The minimum atomic E-state index is -0.132. The average Bonchev–Trinajstić information content (AvgIpc) is 3.50. The number of benzene rings is 3. The van der Waals surface area contributed by atoms with Crippen LogP contribution in [0, 0.1) is 0 Å². The first-order valence-corrected chi connectivity index (χ1v) is 16.8. The smallest absolute Gasteiger partial charge is 0.0723 e. The number of hydrogen-bond donors (Lipinski definition) is 0. The standard InChI is InChI=1S/C44H36N4/c1-43(2)37-19-27(29-13-17-47-41(21-29)31-7-5-15-45-25-31)9-11-33(37)35-24-40-36(23-39(35)43)34-12-10-28(20-38(34)44(40,3)4)30-14-18-48-42(22-30)32-8-6-16-46-26-32/h5-7,9-26,32H,8H2,1-4H3. The van der Waals surface area contributed by atoms with Gasteiger partial charge in [-0.25, -0.2) is 0 Å². The minimum absolute atomic E-state index is 0.126. The van der Waals surface area contributed by atoms with Crippen LogP contribution in [0.3, 0.4) is 0 Å². The summed E-state index contributed by atoms with van der Waals surface area (Å²) in [5, 5.41) is 0. The highest BCUT2D eigenvalue weighted by Gasteiger charge is 2.41. The van der Waals surface area contributed by atoms with Gasteiger partial charge in [0.15, 0.2) is 0 Å². The van der Waals surface area contributed by atoms with Gasteiger partial charge in [-0.05, 0) is 134 Å². The second-order valence-corrected chi connectivity index (χ2v) is 14.4. The first kappa shape index (κ1) is 28.7. The van der Waals surface area contributed by atoms with Crippen molar-refractivity contribution in [3.05, 3.63) is 150 Å². The number of nitrogens with zero attached hydrogens (tertiary/aromatic N) is 4. The summed E-state index contributed by atoms with van der Waals surface area (Å²) in [5.41, 5.74) is 18.5. The molecule has 4 heterocycles. The van der Waals surface area contributed by atoms with Crippen molar-refractivity contribution in [2.75, 3.05) is 0 Å². The summed E-state index contributed by atoms with van der Waals surface area (Å²) in [4.78, 5) is 18.0. The Bertz CT molecular complexity index is 2330. The molecule has 3 aromatic carbocycles. The number of fused-ring (bicyclic) bond motifs is 6. The van der Waals surface area contributed by atoms with Gasteiger partial charge in [-0.3, -0.25) is 19.9 Å². The molecule has 3 aromatic heterocycles. The van der Waals surface area contributed by atoms with E-state index in [1.54, 1.807) is 6.20 Å². The average molecular weight is 621 g/mol. The number of allylic oxidation sites excluding steroid dienone is 1. The highest BCUT2D eigenvalue weighted by Crippen LogP contribution is 2.56. The third-order valence-electron chi connectivity index (χ3n) is 10.9. The second kappa shape index (κ2) is 10.5. The molecule has 4 heteroatoms. The Morgan fingerprint density at radius 3 is 1.77 bits per heavy atom. The SMILES string of the molecule is CC1(C)c2cc(-c3ccnc(-c4cccnc4)c3)ccc2-c2cc3c(cc21)-c1ccc(-c2ccnc(C4C=NC=CC4)c2)cc1C3(C)C. The molecule has 0 spiro atoms. The summed E-state index contributed by atoms with van der Waals surface area (Å²) in [7, 11) is 0. The van der Waals surface area contributed by atoms with Gasteiger partial charge >= 0.3 is 0 Å². The quantitative estimate of drug-likeness (QED) is 0.197. The van der Waals surface area contributed by atoms with Crippen LogP contribution in [0.25, 0.3) is 55.8 Å². The largest absolute Gasteiger partial charge is 0.269 e. The Morgan fingerprint density at radius 1 is 0.562 bits per heavy atom. The summed E-state index contributed by atoms with van der Waals surface area (Å²) in [5.74, 6) is 0.226. The molecule has 232 valence electrons. The molecule has 0 fully saturated rings. The van der Waals surface area contributed by atoms with Crippen molar-refractivity contribution in [1.29, 1.82) is 0 Å². The maximum absolute atomic E-state index is 4.70. The normalized spacial score (nSPS) is 17.5. The van der Waals surface area contributed by atoms with E-state index in [0.717, 1.165) is 28.9 Å². The molecule has 0 saturated heterocycles. The lowest BCUT2D eigenvalue weighted by Gasteiger charge is -2.24. The molecule has 3 aliphatic rings. The highest BCUT2D eigenvalue weighted by atomic mass is 14.7. The highest BCUT2D eigenvalue weighted by molar-refractivity contribution is 5.91. The van der Waals surface area contributed by atoms with Crippen molar-refractivity contribution in [2.45, 2.75) is 50.9 Å². The summed E-state index contributed by atoms with van der Waals surface area (Å²) in [6.07, 6.45) is 14.4. The lowest BCUT2D eigenvalue weighted by molar-refractivity contribution is 0.652. The van der Waals surface area contributed by atoms with Gasteiger partial charge in [0.2, 0.25) is 0 Å². The fourth-order valence-electron chi connectivity index (χ4n) is 8.11. The molecule has 2 aliphatic carbocycles. The van der Waals surface area contributed by atoms with E-state index in [0.29, 0.717) is 0 Å². The number of hydrogen-bond acceptors (Lipinski definition) is 4. The molecule has 1 atom stereocenters. The predicted molar refractivity (Wildman–Crippen MR) is 196 cm³/mol. The Morgan fingerprint density at radius 2 is 1.17 bits per heavy atom. The number of aliphatic imine (C=N–C) groups is 1. The van der Waals surface area contributed by atoms with Gasteiger partial charge < -0.3 is 0 Å². The van der Waals surface area contributed by atoms with E-state index in [1.807, 2.05) is 37.1 Å². The van der Waals surface area contributed by atoms with Crippen molar-refractivity contribution < 1.29 is 0 Å². The topological polar surface area (TPSA) is 51.0 Å². The predicted octanol–water partition coefficient (Wildman–Crippen LogP) is 10.6. The lowest BCUT2D eigenvalue weighted by atomic mass is 9.79. The monoisotopic (exact) mass is 620 g/mol. The second-order valence-electron chi connectivity index (χ2n) is 14.4. The van der Waals surface area contributed by atoms with Crippen molar-refractivity contribution in [1.82, 2.24) is 15.0 Å². The van der Waals surface area contributed by atoms with E-state index in [4.69, 9.17) is 4.98 Å². The van der Waals surface area contributed by atoms with E-state index in [-0.39, 0.29) is 16.7 Å². The van der Waals surface area contributed by atoms with E-state index in [2.05, 4.69) is 128 Å². The molecule has 4 nitrogen and oxygen atoms in total. The van der Waals surface area contributed by atoms with E-state index >= 15 is 0 Å². The third-order valence-corrected chi connectivity index (χ3v) is 10.9. The van der Waals surface area contributed by atoms with Gasteiger partial charge in [0.05, 0.1) is 5.69 Å². The number of aromatic nitrogens is 3. The Labute approximate surface area is 282 Å². The van der Waals surface area contributed by atoms with Crippen molar-refractivity contribution in [3.8, 4) is 55.8 Å². The van der Waals surface area contributed by atoms with Gasteiger partial charge in [0.1, 0.15) is 0 Å². The van der Waals surface area contributed by atoms with E-state index < -0.39 is 0 Å². The molecular formula is C44H36N4. The third kappa shape index (κ3) is 4.36. The summed E-state index contributed by atoms with van der Waals surface area (Å²) >= 11 is 0. The summed E-state index contributed by atoms with van der Waals surface area (Å²) in [6, 6.07) is 31.7. The van der Waals surface area contributed by atoms with E-state index in [1.165, 1.54) is 61.2 Å². The first-order valence-electron chi connectivity index (χ1n) is 16.8. The Kier molecular flexibility index (Phi) is 6.29. The molecule has 0 amide bonds. The lowest BCUT2D eigenvalue weighted by Crippen LogP contribution is -2.17. The van der Waals surface area contributed by atoms with Crippen LogP contribution >= 0.6 is 0 Å². The van der Waals surface area contributed by atoms with Crippen LogP contribution in [0.4, 0.5) is 0 Å². The van der Waals surface area contributed by atoms with Crippen molar-refractivity contribution in [3.63, 3.8) is 0 Å². The molecule has 9 rings (SSSR count). The van der Waals surface area contributed by atoms with E-state index in [9.17, 15) is 0 Å². The van der Waals surface area contributed by atoms with Crippen molar-refractivity contribution >= 4 is 6.21 Å². The molecule has 1 aliphatic heterocycles. The summed E-state index contributed by atoms with van der Waals surface area (Å²) < 4.78 is 0. The molecule has 0 saturated carbocycles. The van der Waals surface area contributed by atoms with Gasteiger partial charge in [-0.15, -0.1) is 0 Å². The van der Waals surface area contributed by atoms with Crippen LogP contribution < -0.4 is 0 Å². The maximum Gasteiger partial charge on any atom is 0.0723 e. The molecule has 48 heavy (non-hydrogen) atoms. The number of pyridine rings is 3. The fraction of sp³-hybridized carbons (Fsp3) is 0.182. The van der Waals surface area contributed by atoms with Gasteiger partial charge in [-0.2, -0.15) is 0 Å². The first-order chi connectivity index (χ1) is 23.3. The molecular weight excluding hydrogens is 585 g/mol. The van der Waals surface area contributed by atoms with Crippen LogP contribution in [0.15, 0.2) is 127 Å². The number of rotatable bonds is 4. The van der Waals surface area contributed by atoms with Crippen molar-refractivity contribution in [2.24, 2.45) is 4.99 Å². The van der Waals surface area contributed by atoms with Crippen LogP contribution in [0.2, 0.25) is 0 Å². The molecule has 0 bridgehead atoms. The fourth-order valence-corrected chi connectivity index (χ4v) is 8.11. The molecule has 6 aromatic rings. The zero-order valence-electron chi connectivity index (χ0n) is 27.7. The summed E-state index contributed by atoms with van der Waals surface area (Å²) in [6.45, 7) is 9.51. The molecule has 0 radical (unpaired) electrons. The van der Waals surface area contributed by atoms with Crippen LogP contribution in [-0.4, -0.2) is 21.2 Å². The minimum Gasteiger partial charge on any atom is -0.269 e. The van der Waals surface area contributed by atoms with Crippen LogP contribution in [0.5, 0.6) is 0 Å². The van der Waals surface area contributed by atoms with Gasteiger partial charge in [0, 0.05) is 65.2 Å². The van der Waals surface area contributed by atoms with Crippen LogP contribution in [-0.2, 0) is 10.8 Å². The molecule has 1 unspecified atom stereocenters. The zero-order chi connectivity index (χ0) is 32.6. The van der Waals surface area contributed by atoms with Gasteiger partial charge in [0.25, 0.3) is 0 Å². The zero-order valence-corrected chi connectivity index (χ0v) is 27.7. The molecule has 0 N–H and O–H groups in total.